The molecule has 1 N–H and O–H groups in total. The summed E-state index contributed by atoms with van der Waals surface area (Å²) < 4.78 is 0. The molecule has 4 heteroatoms. The summed E-state index contributed by atoms with van der Waals surface area (Å²) in [6, 6.07) is 17.9. The molecule has 142 valence electrons. The average molecular weight is 364 g/mol. The predicted molar refractivity (Wildman–Crippen MR) is 108 cm³/mol. The quantitative estimate of drug-likeness (QED) is 0.849. The number of hydrogen-bond donors (Lipinski definition) is 1. The third-order valence-electron chi connectivity index (χ3n) is 5.48. The highest BCUT2D eigenvalue weighted by Crippen LogP contribution is 2.41. The molecule has 0 spiro atoms. The summed E-state index contributed by atoms with van der Waals surface area (Å²) in [6.45, 7) is 2.12. The van der Waals surface area contributed by atoms with Gasteiger partial charge in [0.1, 0.15) is 0 Å². The van der Waals surface area contributed by atoms with Crippen molar-refractivity contribution in [3.8, 4) is 0 Å². The molecular formula is C23H28N2O2. The van der Waals surface area contributed by atoms with Crippen molar-refractivity contribution in [2.45, 2.75) is 51.0 Å². The fourth-order valence-corrected chi connectivity index (χ4v) is 4.15. The molecule has 1 aliphatic carbocycles. The lowest BCUT2D eigenvalue weighted by Crippen LogP contribution is -2.46. The van der Waals surface area contributed by atoms with E-state index in [-0.39, 0.29) is 11.8 Å². The number of rotatable bonds is 5. The third kappa shape index (κ3) is 4.38. The van der Waals surface area contributed by atoms with E-state index in [9.17, 15) is 9.59 Å². The van der Waals surface area contributed by atoms with Gasteiger partial charge >= 0.3 is 0 Å². The lowest BCUT2D eigenvalue weighted by Gasteiger charge is -2.39. The summed E-state index contributed by atoms with van der Waals surface area (Å²) in [5, 5.41) is 2.80. The van der Waals surface area contributed by atoms with Crippen LogP contribution in [-0.2, 0) is 21.5 Å². The number of benzene rings is 2. The number of likely N-dealkylation sites (N-methyl/N-ethyl adjacent to an activating group) is 1. The Morgan fingerprint density at radius 2 is 1.59 bits per heavy atom. The van der Waals surface area contributed by atoms with E-state index in [1.807, 2.05) is 54.4 Å². The first-order valence-electron chi connectivity index (χ1n) is 9.69. The standard InChI is InChI=1S/C23H28N2O2/c1-18(26)24-21-13-11-20(12-14-21)23(15-7-4-8-16-23)22(27)25(2)17-19-9-5-3-6-10-19/h3,5-6,9-14H,4,7-8,15-17H2,1-2H3,(H,24,26). The molecule has 0 unspecified atom stereocenters. The Balaban J connectivity index is 1.85. The second-order valence-electron chi connectivity index (χ2n) is 7.55. The number of anilines is 1. The van der Waals surface area contributed by atoms with Gasteiger partial charge in [-0.25, -0.2) is 0 Å². The summed E-state index contributed by atoms with van der Waals surface area (Å²) in [5.74, 6) is 0.104. The molecule has 0 atom stereocenters. The SMILES string of the molecule is CC(=O)Nc1ccc(C2(C(=O)N(C)Cc3ccccc3)CCCCC2)cc1. The van der Waals surface area contributed by atoms with Gasteiger partial charge in [0.15, 0.2) is 0 Å². The molecule has 27 heavy (non-hydrogen) atoms. The first-order valence-corrected chi connectivity index (χ1v) is 9.69. The largest absolute Gasteiger partial charge is 0.341 e. The van der Waals surface area contributed by atoms with E-state index in [4.69, 9.17) is 0 Å². The minimum atomic E-state index is -0.462. The lowest BCUT2D eigenvalue weighted by molar-refractivity contribution is -0.138. The minimum Gasteiger partial charge on any atom is -0.341 e. The first-order chi connectivity index (χ1) is 13.0. The monoisotopic (exact) mass is 364 g/mol. The highest BCUT2D eigenvalue weighted by Gasteiger charge is 2.42. The van der Waals surface area contributed by atoms with E-state index in [0.717, 1.165) is 42.5 Å². The van der Waals surface area contributed by atoms with Crippen LogP contribution in [0.1, 0.15) is 50.2 Å². The third-order valence-corrected chi connectivity index (χ3v) is 5.48. The normalized spacial score (nSPS) is 15.8. The molecule has 0 heterocycles. The van der Waals surface area contributed by atoms with Gasteiger partial charge in [-0.05, 0) is 36.1 Å². The molecule has 0 radical (unpaired) electrons. The zero-order valence-electron chi connectivity index (χ0n) is 16.2. The highest BCUT2D eigenvalue weighted by atomic mass is 16.2. The molecule has 0 aliphatic heterocycles. The molecular weight excluding hydrogens is 336 g/mol. The van der Waals surface area contributed by atoms with Gasteiger partial charge in [-0.1, -0.05) is 61.7 Å². The van der Waals surface area contributed by atoms with Crippen LogP contribution < -0.4 is 5.32 Å². The van der Waals surface area contributed by atoms with Crippen LogP contribution in [-0.4, -0.2) is 23.8 Å². The zero-order valence-corrected chi connectivity index (χ0v) is 16.2. The minimum absolute atomic E-state index is 0.0891. The van der Waals surface area contributed by atoms with Gasteiger partial charge in [0.25, 0.3) is 0 Å². The second-order valence-corrected chi connectivity index (χ2v) is 7.55. The number of nitrogens with zero attached hydrogens (tertiary/aromatic N) is 1. The number of hydrogen-bond acceptors (Lipinski definition) is 2. The van der Waals surface area contributed by atoms with Gasteiger partial charge in [0, 0.05) is 26.2 Å². The average Bonchev–Trinajstić information content (AvgIpc) is 2.69. The van der Waals surface area contributed by atoms with Crippen LogP contribution in [0.5, 0.6) is 0 Å². The molecule has 2 amide bonds. The molecule has 2 aromatic rings. The summed E-state index contributed by atoms with van der Waals surface area (Å²) in [4.78, 5) is 26.7. The van der Waals surface area contributed by atoms with Gasteiger partial charge in [-0.15, -0.1) is 0 Å². The number of carbonyl (C=O) groups excluding carboxylic acids is 2. The van der Waals surface area contributed by atoms with Crippen molar-refractivity contribution in [3.05, 3.63) is 65.7 Å². The van der Waals surface area contributed by atoms with Crippen molar-refractivity contribution in [1.29, 1.82) is 0 Å². The molecule has 0 saturated heterocycles. The highest BCUT2D eigenvalue weighted by molar-refractivity contribution is 5.90. The van der Waals surface area contributed by atoms with Crippen LogP contribution in [0, 0.1) is 0 Å². The fourth-order valence-electron chi connectivity index (χ4n) is 4.15. The van der Waals surface area contributed by atoms with Crippen LogP contribution in [0.25, 0.3) is 0 Å². The maximum atomic E-state index is 13.5. The van der Waals surface area contributed by atoms with E-state index in [0.29, 0.717) is 6.54 Å². The number of carbonyl (C=O) groups is 2. The fraction of sp³-hybridized carbons (Fsp3) is 0.391. The molecule has 0 aromatic heterocycles. The Kier molecular flexibility index (Phi) is 5.94. The zero-order chi connectivity index (χ0) is 19.3. The van der Waals surface area contributed by atoms with Gasteiger partial charge in [0.2, 0.25) is 11.8 Å². The molecule has 3 rings (SSSR count). The maximum Gasteiger partial charge on any atom is 0.233 e. The maximum absolute atomic E-state index is 13.5. The Hall–Kier alpha value is -2.62. The number of nitrogens with one attached hydrogen (secondary N) is 1. The van der Waals surface area contributed by atoms with E-state index >= 15 is 0 Å². The molecule has 2 aromatic carbocycles. The lowest BCUT2D eigenvalue weighted by atomic mass is 9.68. The van der Waals surface area contributed by atoms with Gasteiger partial charge in [-0.2, -0.15) is 0 Å². The van der Waals surface area contributed by atoms with E-state index in [1.54, 1.807) is 0 Å². The van der Waals surface area contributed by atoms with Crippen molar-refractivity contribution in [3.63, 3.8) is 0 Å². The topological polar surface area (TPSA) is 49.4 Å². The second kappa shape index (κ2) is 8.38. The molecule has 1 fully saturated rings. The number of amides is 2. The van der Waals surface area contributed by atoms with Crippen LogP contribution in [0.4, 0.5) is 5.69 Å². The van der Waals surface area contributed by atoms with Crippen LogP contribution in [0.2, 0.25) is 0 Å². The van der Waals surface area contributed by atoms with Crippen molar-refractivity contribution in [2.75, 3.05) is 12.4 Å². The summed E-state index contributed by atoms with van der Waals surface area (Å²) in [6.07, 6.45) is 5.08. The summed E-state index contributed by atoms with van der Waals surface area (Å²) in [7, 11) is 1.90. The molecule has 4 nitrogen and oxygen atoms in total. The van der Waals surface area contributed by atoms with Gasteiger partial charge in [0.05, 0.1) is 5.41 Å². The van der Waals surface area contributed by atoms with E-state index < -0.39 is 5.41 Å². The van der Waals surface area contributed by atoms with Crippen molar-refractivity contribution in [2.24, 2.45) is 0 Å². The van der Waals surface area contributed by atoms with Crippen LogP contribution in [0.3, 0.4) is 0 Å². The van der Waals surface area contributed by atoms with Gasteiger partial charge < -0.3 is 10.2 Å². The molecule has 1 aliphatic rings. The van der Waals surface area contributed by atoms with Crippen molar-refractivity contribution >= 4 is 17.5 Å². The Labute approximate surface area is 161 Å². The molecule has 0 bridgehead atoms. The van der Waals surface area contributed by atoms with Gasteiger partial charge in [-0.3, -0.25) is 9.59 Å². The van der Waals surface area contributed by atoms with E-state index in [1.165, 1.54) is 13.3 Å². The van der Waals surface area contributed by atoms with Crippen LogP contribution in [0.15, 0.2) is 54.6 Å². The predicted octanol–water partition coefficient (Wildman–Crippen LogP) is 4.51. The summed E-state index contributed by atoms with van der Waals surface area (Å²) in [5.41, 5.74) is 2.50. The van der Waals surface area contributed by atoms with Crippen molar-refractivity contribution < 1.29 is 9.59 Å². The van der Waals surface area contributed by atoms with Crippen LogP contribution >= 0.6 is 0 Å². The van der Waals surface area contributed by atoms with E-state index in [2.05, 4.69) is 17.4 Å². The Bertz CT molecular complexity index is 778. The Morgan fingerprint density at radius 1 is 0.963 bits per heavy atom. The molecule has 1 saturated carbocycles. The first kappa shape index (κ1) is 19.2. The smallest absolute Gasteiger partial charge is 0.233 e. The summed E-state index contributed by atoms with van der Waals surface area (Å²) >= 11 is 0. The Morgan fingerprint density at radius 3 is 2.19 bits per heavy atom. The van der Waals surface area contributed by atoms with Crippen molar-refractivity contribution in [1.82, 2.24) is 4.90 Å².